The smallest absolute Gasteiger partial charge is 0.323 e. The Kier molecular flexibility index (Phi) is 8.32. The number of hydrogen-bond acceptors (Lipinski definition) is 7. The molecule has 4 aliphatic rings. The van der Waals surface area contributed by atoms with Gasteiger partial charge < -0.3 is 15.2 Å². The first-order valence-electron chi connectivity index (χ1n) is 15.0. The van der Waals surface area contributed by atoms with E-state index in [1.54, 1.807) is 6.20 Å². The second-order valence-electron chi connectivity index (χ2n) is 13.0. The number of rotatable bonds is 8. The van der Waals surface area contributed by atoms with Crippen LogP contribution in [0.1, 0.15) is 77.8 Å². The van der Waals surface area contributed by atoms with E-state index in [-0.39, 0.29) is 35.3 Å². The predicted molar refractivity (Wildman–Crippen MR) is 152 cm³/mol. The maximum Gasteiger partial charge on any atom is 0.323 e. The minimum atomic E-state index is -0.747. The molecule has 40 heavy (non-hydrogen) atoms. The molecule has 3 saturated carbocycles. The van der Waals surface area contributed by atoms with Crippen molar-refractivity contribution in [2.75, 3.05) is 6.61 Å². The molecule has 4 aliphatic carbocycles. The lowest BCUT2D eigenvalue weighted by atomic mass is 9.44. The van der Waals surface area contributed by atoms with E-state index in [0.29, 0.717) is 36.5 Å². The van der Waals surface area contributed by atoms with Gasteiger partial charge in [-0.3, -0.25) is 19.4 Å². The molecular formula is C33H44N2O5. The molecule has 7 heteroatoms. The number of nitrogens with zero attached hydrogens (tertiary/aromatic N) is 1. The zero-order valence-electron chi connectivity index (χ0n) is 24.1. The summed E-state index contributed by atoms with van der Waals surface area (Å²) >= 11 is 0. The predicted octanol–water partition coefficient (Wildman–Crippen LogP) is 5.13. The maximum absolute atomic E-state index is 12.4. The van der Waals surface area contributed by atoms with Crippen LogP contribution in [0.15, 0.2) is 48.2 Å². The molecule has 0 aliphatic heterocycles. The Morgan fingerprint density at radius 2 is 1.98 bits per heavy atom. The SMILES string of the molecule is CC(=O)O[C@H]1CC[C@H]2[C@@H]3[C@H](C/C=C/COC(=O)[C@H](N)Cc4ccccn4)CC4=CC(=O)CC[C@]4(C)[C@H]3CC[C@]12C. The van der Waals surface area contributed by atoms with E-state index in [2.05, 4.69) is 24.9 Å². The van der Waals surface area contributed by atoms with Crippen molar-refractivity contribution in [1.29, 1.82) is 0 Å². The molecule has 216 valence electrons. The molecule has 0 radical (unpaired) electrons. The van der Waals surface area contributed by atoms with Gasteiger partial charge in [-0.2, -0.15) is 0 Å². The van der Waals surface area contributed by atoms with Crippen molar-refractivity contribution in [3.8, 4) is 0 Å². The number of ketones is 1. The first-order valence-corrected chi connectivity index (χ1v) is 15.0. The number of pyridine rings is 1. The quantitative estimate of drug-likeness (QED) is 0.354. The molecule has 0 amide bonds. The van der Waals surface area contributed by atoms with E-state index in [0.717, 1.165) is 50.6 Å². The van der Waals surface area contributed by atoms with Gasteiger partial charge >= 0.3 is 11.9 Å². The summed E-state index contributed by atoms with van der Waals surface area (Å²) in [4.78, 5) is 41.0. The Labute approximate surface area is 238 Å². The van der Waals surface area contributed by atoms with Gasteiger partial charge in [0.1, 0.15) is 18.8 Å². The summed E-state index contributed by atoms with van der Waals surface area (Å²) in [5.74, 6) is 1.56. The molecular weight excluding hydrogens is 504 g/mol. The van der Waals surface area contributed by atoms with Crippen LogP contribution in [0.5, 0.6) is 0 Å². The van der Waals surface area contributed by atoms with Gasteiger partial charge in [-0.05, 0) is 92.2 Å². The highest BCUT2D eigenvalue weighted by Gasteiger charge is 2.61. The van der Waals surface area contributed by atoms with Gasteiger partial charge in [0.2, 0.25) is 0 Å². The highest BCUT2D eigenvalue weighted by atomic mass is 16.5. The van der Waals surface area contributed by atoms with E-state index in [1.165, 1.54) is 12.5 Å². The molecule has 0 unspecified atom stereocenters. The van der Waals surface area contributed by atoms with Crippen LogP contribution in [0.2, 0.25) is 0 Å². The molecule has 3 fully saturated rings. The Bertz CT molecular complexity index is 1180. The molecule has 0 bridgehead atoms. The summed E-state index contributed by atoms with van der Waals surface area (Å²) in [5.41, 5.74) is 8.19. The lowest BCUT2D eigenvalue weighted by molar-refractivity contribution is -0.158. The topological polar surface area (TPSA) is 109 Å². The molecule has 0 saturated heterocycles. The number of fused-ring (bicyclic) bond motifs is 5. The summed E-state index contributed by atoms with van der Waals surface area (Å²) in [7, 11) is 0. The lowest BCUT2D eigenvalue weighted by Gasteiger charge is -2.60. The molecule has 5 rings (SSSR count). The second-order valence-corrected chi connectivity index (χ2v) is 13.0. The van der Waals surface area contributed by atoms with Crippen LogP contribution in [-0.4, -0.2) is 41.5 Å². The van der Waals surface area contributed by atoms with E-state index in [9.17, 15) is 14.4 Å². The monoisotopic (exact) mass is 548 g/mol. The van der Waals surface area contributed by atoms with E-state index < -0.39 is 12.0 Å². The number of aromatic nitrogens is 1. The van der Waals surface area contributed by atoms with E-state index >= 15 is 0 Å². The Morgan fingerprint density at radius 1 is 1.15 bits per heavy atom. The molecule has 8 atom stereocenters. The van der Waals surface area contributed by atoms with Crippen LogP contribution in [0.25, 0.3) is 0 Å². The molecule has 1 aromatic rings. The van der Waals surface area contributed by atoms with Crippen LogP contribution in [0.3, 0.4) is 0 Å². The fraction of sp³-hybridized carbons (Fsp3) is 0.636. The number of esters is 2. The minimum Gasteiger partial charge on any atom is -0.462 e. The number of nitrogens with two attached hydrogens (primary N) is 1. The zero-order chi connectivity index (χ0) is 28.5. The van der Waals surface area contributed by atoms with Gasteiger partial charge in [-0.25, -0.2) is 0 Å². The molecule has 7 nitrogen and oxygen atoms in total. The molecule has 1 heterocycles. The number of ether oxygens (including phenoxy) is 2. The average molecular weight is 549 g/mol. The average Bonchev–Trinajstić information content (AvgIpc) is 3.25. The fourth-order valence-corrected chi connectivity index (χ4v) is 8.69. The van der Waals surface area contributed by atoms with Crippen molar-refractivity contribution in [2.45, 2.75) is 90.7 Å². The third kappa shape index (κ3) is 5.54. The first-order chi connectivity index (χ1) is 19.1. The summed E-state index contributed by atoms with van der Waals surface area (Å²) < 4.78 is 11.3. The number of allylic oxidation sites excluding steroid dienone is 2. The van der Waals surface area contributed by atoms with Gasteiger partial charge in [0.15, 0.2) is 5.78 Å². The highest BCUT2D eigenvalue weighted by Crippen LogP contribution is 2.67. The van der Waals surface area contributed by atoms with Crippen molar-refractivity contribution < 1.29 is 23.9 Å². The largest absolute Gasteiger partial charge is 0.462 e. The third-order valence-corrected chi connectivity index (χ3v) is 10.7. The summed E-state index contributed by atoms with van der Waals surface area (Å²) in [6, 6.07) is 4.80. The van der Waals surface area contributed by atoms with E-state index in [1.807, 2.05) is 30.4 Å². The van der Waals surface area contributed by atoms with Crippen molar-refractivity contribution in [1.82, 2.24) is 4.98 Å². The summed E-state index contributed by atoms with van der Waals surface area (Å²) in [6.07, 6.45) is 15.6. The second kappa shape index (κ2) is 11.6. The van der Waals surface area contributed by atoms with Gasteiger partial charge in [-0.1, -0.05) is 37.6 Å². The van der Waals surface area contributed by atoms with Crippen LogP contribution < -0.4 is 5.73 Å². The zero-order valence-corrected chi connectivity index (χ0v) is 24.1. The number of carbonyl (C=O) groups is 3. The lowest BCUT2D eigenvalue weighted by Crippen LogP contribution is -2.54. The van der Waals surface area contributed by atoms with Crippen molar-refractivity contribution in [3.63, 3.8) is 0 Å². The standard InChI is InChI=1S/C33H44N2O5/c1-21(36)40-29-11-10-26-30-22(8-5-7-17-39-31(38)28(34)20-24-9-4-6-16-35-24)18-23-19-25(37)12-14-32(23,2)27(30)13-15-33(26,29)3/h4-7,9,16,19,22,26-30H,8,10-15,17-18,20,34H2,1-3H3/b7-5+/t22-,26+,27+,28-,29+,30+,32+,33+/m1/s1. The summed E-state index contributed by atoms with van der Waals surface area (Å²) in [6.45, 7) is 6.44. The molecule has 2 N–H and O–H groups in total. The Morgan fingerprint density at radius 3 is 2.73 bits per heavy atom. The molecule has 1 aromatic heterocycles. The van der Waals surface area contributed by atoms with Gasteiger partial charge in [0.25, 0.3) is 0 Å². The van der Waals surface area contributed by atoms with Gasteiger partial charge in [0.05, 0.1) is 0 Å². The molecule has 0 aromatic carbocycles. The first kappa shape index (κ1) is 28.7. The molecule has 0 spiro atoms. The van der Waals surface area contributed by atoms with Crippen LogP contribution in [0, 0.1) is 34.5 Å². The minimum absolute atomic E-state index is 0.00383. The number of carbonyl (C=O) groups excluding carboxylic acids is 3. The van der Waals surface area contributed by atoms with Gasteiger partial charge in [-0.15, -0.1) is 0 Å². The Balaban J connectivity index is 1.27. The van der Waals surface area contributed by atoms with Gasteiger partial charge in [0, 0.05) is 37.1 Å². The normalized spacial score (nSPS) is 35.8. The van der Waals surface area contributed by atoms with Crippen molar-refractivity contribution in [2.24, 2.45) is 40.2 Å². The Hall–Kier alpha value is -2.80. The van der Waals surface area contributed by atoms with Crippen LogP contribution >= 0.6 is 0 Å². The van der Waals surface area contributed by atoms with Crippen LogP contribution in [0.4, 0.5) is 0 Å². The summed E-state index contributed by atoms with van der Waals surface area (Å²) in [5, 5.41) is 0. The fourth-order valence-electron chi connectivity index (χ4n) is 8.69. The van der Waals surface area contributed by atoms with Crippen molar-refractivity contribution >= 4 is 17.7 Å². The third-order valence-electron chi connectivity index (χ3n) is 10.7. The maximum atomic E-state index is 12.4. The number of hydrogen-bond donors (Lipinski definition) is 1. The van der Waals surface area contributed by atoms with Crippen LogP contribution in [-0.2, 0) is 30.3 Å². The highest BCUT2D eigenvalue weighted by molar-refractivity contribution is 5.91. The van der Waals surface area contributed by atoms with Crippen molar-refractivity contribution in [3.05, 3.63) is 53.9 Å². The van der Waals surface area contributed by atoms with E-state index in [4.69, 9.17) is 15.2 Å².